The Balaban J connectivity index is 1.53. The van der Waals surface area contributed by atoms with Crippen molar-refractivity contribution in [3.8, 4) is 0 Å². The second-order valence-electron chi connectivity index (χ2n) is 7.95. The molecule has 150 valence electrons. The Labute approximate surface area is 169 Å². The molecule has 1 heterocycles. The molecule has 0 aliphatic carbocycles. The highest BCUT2D eigenvalue weighted by atomic mass is 16.1. The van der Waals surface area contributed by atoms with E-state index in [1.54, 1.807) is 0 Å². The van der Waals surface area contributed by atoms with E-state index in [0.29, 0.717) is 6.54 Å². The van der Waals surface area contributed by atoms with Gasteiger partial charge < -0.3 is 11.1 Å². The van der Waals surface area contributed by atoms with E-state index in [9.17, 15) is 4.79 Å². The fraction of sp³-hybridized carbons (Fsp3) is 0.458. The summed E-state index contributed by atoms with van der Waals surface area (Å²) in [6.45, 7) is 5.81. The topological polar surface area (TPSA) is 58.4 Å². The Morgan fingerprint density at radius 2 is 1.68 bits per heavy atom. The van der Waals surface area contributed by atoms with Gasteiger partial charge in [0.05, 0.1) is 5.92 Å². The van der Waals surface area contributed by atoms with Crippen LogP contribution in [0.15, 0.2) is 54.6 Å². The van der Waals surface area contributed by atoms with Gasteiger partial charge in [-0.25, -0.2) is 0 Å². The molecule has 1 fully saturated rings. The lowest BCUT2D eigenvalue weighted by Gasteiger charge is -2.21. The Hall–Kier alpha value is -2.17. The van der Waals surface area contributed by atoms with Crippen molar-refractivity contribution >= 4 is 5.91 Å². The molecule has 1 amide bonds. The number of carbonyl (C=O) groups excluding carboxylic acids is 1. The van der Waals surface area contributed by atoms with E-state index in [4.69, 9.17) is 5.73 Å². The highest BCUT2D eigenvalue weighted by Crippen LogP contribution is 2.19. The summed E-state index contributed by atoms with van der Waals surface area (Å²) in [5.41, 5.74) is 9.74. The standard InChI is InChI=1S/C24H33N3O/c1-19(23(25)22-12-5-4-6-13-22)24(28)26-17-20-10-9-11-21(16-20)18-27-14-7-2-3-8-15-27/h4-6,9-13,16,19,23H,2-3,7-8,14-15,17-18,25H2,1H3,(H,26,28). The van der Waals surface area contributed by atoms with Gasteiger partial charge in [0.25, 0.3) is 0 Å². The molecule has 4 heteroatoms. The normalized spacial score (nSPS) is 17.5. The molecule has 0 bridgehead atoms. The van der Waals surface area contributed by atoms with Crippen molar-refractivity contribution in [1.82, 2.24) is 10.2 Å². The van der Waals surface area contributed by atoms with Gasteiger partial charge in [0.15, 0.2) is 0 Å². The highest BCUT2D eigenvalue weighted by Gasteiger charge is 2.21. The Bertz CT molecular complexity index is 739. The zero-order valence-electron chi connectivity index (χ0n) is 16.9. The first-order valence-corrected chi connectivity index (χ1v) is 10.5. The van der Waals surface area contributed by atoms with Crippen LogP contribution in [0.5, 0.6) is 0 Å². The predicted octanol–water partition coefficient (Wildman–Crippen LogP) is 4.01. The maximum Gasteiger partial charge on any atom is 0.225 e. The van der Waals surface area contributed by atoms with E-state index in [2.05, 4.69) is 34.5 Å². The minimum Gasteiger partial charge on any atom is -0.352 e. The lowest BCUT2D eigenvalue weighted by molar-refractivity contribution is -0.125. The van der Waals surface area contributed by atoms with E-state index in [1.165, 1.54) is 44.3 Å². The molecule has 0 spiro atoms. The van der Waals surface area contributed by atoms with Gasteiger partial charge in [0.1, 0.15) is 0 Å². The molecule has 1 saturated heterocycles. The zero-order chi connectivity index (χ0) is 19.8. The summed E-state index contributed by atoms with van der Waals surface area (Å²) in [6, 6.07) is 18.1. The second kappa shape index (κ2) is 10.4. The summed E-state index contributed by atoms with van der Waals surface area (Å²) in [5.74, 6) is -0.281. The third-order valence-corrected chi connectivity index (χ3v) is 5.70. The van der Waals surface area contributed by atoms with Crippen LogP contribution in [0.25, 0.3) is 0 Å². The van der Waals surface area contributed by atoms with E-state index in [-0.39, 0.29) is 17.9 Å². The van der Waals surface area contributed by atoms with Crippen LogP contribution in [0.4, 0.5) is 0 Å². The van der Waals surface area contributed by atoms with Crippen molar-refractivity contribution < 1.29 is 4.79 Å². The molecule has 2 aromatic rings. The number of nitrogens with one attached hydrogen (secondary N) is 1. The number of nitrogens with two attached hydrogens (primary N) is 1. The number of hydrogen-bond acceptors (Lipinski definition) is 3. The van der Waals surface area contributed by atoms with E-state index >= 15 is 0 Å². The minimum atomic E-state index is -0.296. The number of amides is 1. The predicted molar refractivity (Wildman–Crippen MR) is 115 cm³/mol. The van der Waals surface area contributed by atoms with Crippen molar-refractivity contribution in [1.29, 1.82) is 0 Å². The van der Waals surface area contributed by atoms with Crippen molar-refractivity contribution in [3.63, 3.8) is 0 Å². The smallest absolute Gasteiger partial charge is 0.225 e. The first-order valence-electron chi connectivity index (χ1n) is 10.5. The fourth-order valence-corrected chi connectivity index (χ4v) is 3.87. The van der Waals surface area contributed by atoms with Crippen molar-refractivity contribution in [3.05, 3.63) is 71.3 Å². The van der Waals surface area contributed by atoms with Crippen LogP contribution in [0.1, 0.15) is 55.3 Å². The zero-order valence-corrected chi connectivity index (χ0v) is 16.9. The monoisotopic (exact) mass is 379 g/mol. The molecule has 2 aromatic carbocycles. The summed E-state index contributed by atoms with van der Waals surface area (Å²) < 4.78 is 0. The van der Waals surface area contributed by atoms with Gasteiger partial charge in [0, 0.05) is 19.1 Å². The van der Waals surface area contributed by atoms with Crippen LogP contribution in [0, 0.1) is 5.92 Å². The van der Waals surface area contributed by atoms with E-state index < -0.39 is 0 Å². The Kier molecular flexibility index (Phi) is 7.63. The third-order valence-electron chi connectivity index (χ3n) is 5.70. The third kappa shape index (κ3) is 5.91. The molecule has 0 radical (unpaired) electrons. The summed E-state index contributed by atoms with van der Waals surface area (Å²) in [4.78, 5) is 15.1. The summed E-state index contributed by atoms with van der Waals surface area (Å²) in [5, 5.41) is 3.06. The van der Waals surface area contributed by atoms with Gasteiger partial charge in [-0.15, -0.1) is 0 Å². The van der Waals surface area contributed by atoms with Crippen LogP contribution < -0.4 is 11.1 Å². The average molecular weight is 380 g/mol. The Morgan fingerprint density at radius 3 is 2.39 bits per heavy atom. The SMILES string of the molecule is CC(C(=O)NCc1cccc(CN2CCCCCC2)c1)C(N)c1ccccc1. The number of likely N-dealkylation sites (tertiary alicyclic amines) is 1. The quantitative estimate of drug-likeness (QED) is 0.764. The van der Waals surface area contributed by atoms with Crippen LogP contribution in [0.2, 0.25) is 0 Å². The molecule has 3 N–H and O–H groups in total. The molecule has 1 aliphatic heterocycles. The van der Waals surface area contributed by atoms with E-state index in [0.717, 1.165) is 17.7 Å². The van der Waals surface area contributed by atoms with Gasteiger partial charge in [-0.05, 0) is 42.6 Å². The van der Waals surface area contributed by atoms with Gasteiger partial charge >= 0.3 is 0 Å². The van der Waals surface area contributed by atoms with Crippen molar-refractivity contribution in [2.75, 3.05) is 13.1 Å². The summed E-state index contributed by atoms with van der Waals surface area (Å²) in [7, 11) is 0. The molecule has 0 saturated carbocycles. The number of benzene rings is 2. The molecule has 4 nitrogen and oxygen atoms in total. The molecule has 2 unspecified atom stereocenters. The first-order chi connectivity index (χ1) is 13.6. The van der Waals surface area contributed by atoms with Crippen molar-refractivity contribution in [2.24, 2.45) is 11.7 Å². The maximum atomic E-state index is 12.6. The van der Waals surface area contributed by atoms with Crippen LogP contribution in [-0.4, -0.2) is 23.9 Å². The summed E-state index contributed by atoms with van der Waals surface area (Å²) in [6.07, 6.45) is 5.31. The maximum absolute atomic E-state index is 12.6. The lowest BCUT2D eigenvalue weighted by Crippen LogP contribution is -2.35. The van der Waals surface area contributed by atoms with Crippen LogP contribution in [0.3, 0.4) is 0 Å². The number of nitrogens with zero attached hydrogens (tertiary/aromatic N) is 1. The lowest BCUT2D eigenvalue weighted by atomic mass is 9.94. The average Bonchev–Trinajstić information content (AvgIpc) is 3.00. The Morgan fingerprint density at radius 1 is 1.00 bits per heavy atom. The number of rotatable bonds is 7. The van der Waals surface area contributed by atoms with Gasteiger partial charge in [-0.1, -0.05) is 74.4 Å². The molecular formula is C24H33N3O. The summed E-state index contributed by atoms with van der Waals surface area (Å²) >= 11 is 0. The van der Waals surface area contributed by atoms with Gasteiger partial charge in [-0.2, -0.15) is 0 Å². The number of carbonyl (C=O) groups is 1. The first kappa shape index (κ1) is 20.6. The van der Waals surface area contributed by atoms with Gasteiger partial charge in [0.2, 0.25) is 5.91 Å². The number of hydrogen-bond donors (Lipinski definition) is 2. The molecule has 0 aromatic heterocycles. The van der Waals surface area contributed by atoms with Crippen LogP contribution >= 0.6 is 0 Å². The molecular weight excluding hydrogens is 346 g/mol. The minimum absolute atomic E-state index is 0.00530. The van der Waals surface area contributed by atoms with E-state index in [1.807, 2.05) is 37.3 Å². The molecule has 3 rings (SSSR count). The van der Waals surface area contributed by atoms with Crippen LogP contribution in [-0.2, 0) is 17.9 Å². The highest BCUT2D eigenvalue weighted by molar-refractivity contribution is 5.79. The molecule has 28 heavy (non-hydrogen) atoms. The second-order valence-corrected chi connectivity index (χ2v) is 7.95. The molecule has 1 aliphatic rings. The van der Waals surface area contributed by atoms with Gasteiger partial charge in [-0.3, -0.25) is 9.69 Å². The molecule has 2 atom stereocenters. The largest absolute Gasteiger partial charge is 0.352 e. The fourth-order valence-electron chi connectivity index (χ4n) is 3.87. The van der Waals surface area contributed by atoms with Crippen molar-refractivity contribution in [2.45, 2.75) is 51.7 Å².